The fourth-order valence-corrected chi connectivity index (χ4v) is 2.81. The number of hydrogen-bond donors (Lipinski definition) is 2. The molecule has 0 fully saturated rings. The van der Waals surface area contributed by atoms with Gasteiger partial charge in [0.15, 0.2) is 0 Å². The van der Waals surface area contributed by atoms with E-state index in [4.69, 9.17) is 4.74 Å². The summed E-state index contributed by atoms with van der Waals surface area (Å²) in [4.78, 5) is 37.0. The van der Waals surface area contributed by atoms with Gasteiger partial charge in [0.05, 0.1) is 12.7 Å². The predicted molar refractivity (Wildman–Crippen MR) is 108 cm³/mol. The van der Waals surface area contributed by atoms with Crippen molar-refractivity contribution in [3.05, 3.63) is 64.7 Å². The number of carbonyl (C=O) groups excluding carboxylic acids is 3. The highest BCUT2D eigenvalue weighted by Crippen LogP contribution is 2.18. The molecule has 2 amide bonds. The van der Waals surface area contributed by atoms with Crippen LogP contribution in [0.2, 0.25) is 0 Å². The van der Waals surface area contributed by atoms with Gasteiger partial charge in [-0.2, -0.15) is 0 Å². The Hall–Kier alpha value is -3.15. The number of aryl methyl sites for hydroxylation is 2. The van der Waals surface area contributed by atoms with E-state index in [1.807, 2.05) is 26.8 Å². The fraction of sp³-hybridized carbons (Fsp3) is 0.318. The van der Waals surface area contributed by atoms with Gasteiger partial charge in [0.2, 0.25) is 5.91 Å². The summed E-state index contributed by atoms with van der Waals surface area (Å²) in [6.45, 7) is 7.43. The van der Waals surface area contributed by atoms with Crippen LogP contribution in [0.3, 0.4) is 0 Å². The van der Waals surface area contributed by atoms with Gasteiger partial charge < -0.3 is 15.4 Å². The molecule has 0 aliphatic rings. The molecule has 2 aromatic carbocycles. The smallest absolute Gasteiger partial charge is 0.337 e. The molecule has 0 aliphatic heterocycles. The Morgan fingerprint density at radius 2 is 1.68 bits per heavy atom. The van der Waals surface area contributed by atoms with E-state index in [0.717, 1.165) is 11.1 Å². The van der Waals surface area contributed by atoms with Crippen molar-refractivity contribution in [3.8, 4) is 0 Å². The number of rotatable bonds is 6. The summed E-state index contributed by atoms with van der Waals surface area (Å²) in [7, 11) is 1.32. The highest BCUT2D eigenvalue weighted by atomic mass is 16.5. The number of carbonyl (C=O) groups is 3. The molecule has 0 saturated carbocycles. The van der Waals surface area contributed by atoms with E-state index >= 15 is 0 Å². The number of anilines is 1. The highest BCUT2D eigenvalue weighted by Gasteiger charge is 2.25. The average molecular weight is 382 g/mol. The van der Waals surface area contributed by atoms with Gasteiger partial charge in [-0.1, -0.05) is 31.5 Å². The van der Waals surface area contributed by atoms with Crippen LogP contribution in [0.1, 0.15) is 45.7 Å². The molecular weight excluding hydrogens is 356 g/mol. The normalized spacial score (nSPS) is 11.6. The van der Waals surface area contributed by atoms with Crippen LogP contribution in [0.15, 0.2) is 42.5 Å². The molecule has 0 aromatic heterocycles. The number of ether oxygens (including phenoxy) is 1. The second-order valence-electron chi connectivity index (χ2n) is 7.08. The average Bonchev–Trinajstić information content (AvgIpc) is 2.66. The zero-order chi connectivity index (χ0) is 20.8. The van der Waals surface area contributed by atoms with E-state index in [0.29, 0.717) is 16.8 Å². The minimum atomic E-state index is -0.701. The molecule has 0 heterocycles. The first kappa shape index (κ1) is 21.2. The Kier molecular flexibility index (Phi) is 6.93. The molecule has 0 saturated heterocycles. The third kappa shape index (κ3) is 5.19. The number of methoxy groups -OCH3 is 1. The second-order valence-corrected chi connectivity index (χ2v) is 7.08. The highest BCUT2D eigenvalue weighted by molar-refractivity contribution is 6.02. The van der Waals surface area contributed by atoms with Crippen molar-refractivity contribution in [2.45, 2.75) is 33.7 Å². The minimum absolute atomic E-state index is 0.108. The molecule has 2 aromatic rings. The van der Waals surface area contributed by atoms with Crippen LogP contribution in [0, 0.1) is 19.8 Å². The van der Waals surface area contributed by atoms with Gasteiger partial charge in [0.1, 0.15) is 6.04 Å². The van der Waals surface area contributed by atoms with E-state index < -0.39 is 12.0 Å². The van der Waals surface area contributed by atoms with Gasteiger partial charge in [0.25, 0.3) is 5.91 Å². The largest absolute Gasteiger partial charge is 0.465 e. The molecule has 0 bridgehead atoms. The molecule has 1 unspecified atom stereocenters. The number of amides is 2. The van der Waals surface area contributed by atoms with Crippen LogP contribution >= 0.6 is 0 Å². The molecular formula is C22H26N2O4. The van der Waals surface area contributed by atoms with Crippen molar-refractivity contribution < 1.29 is 19.1 Å². The summed E-state index contributed by atoms with van der Waals surface area (Å²) < 4.78 is 4.70. The number of benzene rings is 2. The van der Waals surface area contributed by atoms with Crippen LogP contribution in [0.5, 0.6) is 0 Å². The third-order valence-electron chi connectivity index (χ3n) is 4.42. The minimum Gasteiger partial charge on any atom is -0.465 e. The van der Waals surface area contributed by atoms with Crippen molar-refractivity contribution in [2.75, 3.05) is 12.4 Å². The summed E-state index contributed by atoms with van der Waals surface area (Å²) in [6, 6.07) is 11.4. The van der Waals surface area contributed by atoms with Crippen molar-refractivity contribution >= 4 is 23.5 Å². The van der Waals surface area contributed by atoms with Crippen LogP contribution in [-0.4, -0.2) is 30.9 Å². The number of esters is 1. The first-order valence-corrected chi connectivity index (χ1v) is 9.10. The maximum Gasteiger partial charge on any atom is 0.337 e. The molecule has 6 heteroatoms. The van der Waals surface area contributed by atoms with Crippen molar-refractivity contribution in [1.82, 2.24) is 5.32 Å². The summed E-state index contributed by atoms with van der Waals surface area (Å²) in [5.41, 5.74) is 3.19. The van der Waals surface area contributed by atoms with E-state index in [1.54, 1.807) is 43.3 Å². The zero-order valence-electron chi connectivity index (χ0n) is 16.8. The van der Waals surface area contributed by atoms with Gasteiger partial charge in [-0.25, -0.2) is 4.79 Å². The van der Waals surface area contributed by atoms with Crippen molar-refractivity contribution in [1.29, 1.82) is 0 Å². The van der Waals surface area contributed by atoms with Crippen molar-refractivity contribution in [2.24, 2.45) is 5.92 Å². The lowest BCUT2D eigenvalue weighted by Gasteiger charge is -2.22. The molecule has 28 heavy (non-hydrogen) atoms. The van der Waals surface area contributed by atoms with Gasteiger partial charge in [0, 0.05) is 11.3 Å². The number of nitrogens with one attached hydrogen (secondary N) is 2. The summed E-state index contributed by atoms with van der Waals surface area (Å²) in [6.07, 6.45) is 0. The van der Waals surface area contributed by atoms with E-state index in [1.165, 1.54) is 7.11 Å². The molecule has 1 atom stereocenters. The quantitative estimate of drug-likeness (QED) is 0.749. The lowest BCUT2D eigenvalue weighted by Crippen LogP contribution is -2.47. The molecule has 0 aliphatic carbocycles. The van der Waals surface area contributed by atoms with Gasteiger partial charge >= 0.3 is 5.97 Å². The maximum atomic E-state index is 12.8. The lowest BCUT2D eigenvalue weighted by molar-refractivity contribution is -0.118. The molecule has 0 radical (unpaired) electrons. The van der Waals surface area contributed by atoms with Gasteiger partial charge in [-0.15, -0.1) is 0 Å². The van der Waals surface area contributed by atoms with Crippen LogP contribution in [0.25, 0.3) is 0 Å². The zero-order valence-corrected chi connectivity index (χ0v) is 16.8. The lowest BCUT2D eigenvalue weighted by atomic mass is 10.0. The SMILES string of the molecule is COC(=O)c1ccc(NC(=O)C(NC(=O)c2cccc(C)c2)C(C)C)c(C)c1. The molecule has 148 valence electrons. The van der Waals surface area contributed by atoms with E-state index in [-0.39, 0.29) is 17.7 Å². The summed E-state index contributed by atoms with van der Waals surface area (Å²) in [5, 5.41) is 5.65. The van der Waals surface area contributed by atoms with E-state index in [9.17, 15) is 14.4 Å². The Bertz CT molecular complexity index is 890. The Morgan fingerprint density at radius 1 is 0.964 bits per heavy atom. The Labute approximate surface area is 165 Å². The van der Waals surface area contributed by atoms with Crippen molar-refractivity contribution in [3.63, 3.8) is 0 Å². The van der Waals surface area contributed by atoms with Crippen LogP contribution in [-0.2, 0) is 9.53 Å². The molecule has 6 nitrogen and oxygen atoms in total. The Morgan fingerprint density at radius 3 is 2.25 bits per heavy atom. The standard InChI is InChI=1S/C22H26N2O4/c1-13(2)19(24-20(25)16-8-6-7-14(3)11-16)21(26)23-18-10-9-17(12-15(18)4)22(27)28-5/h6-13,19H,1-5H3,(H,23,26)(H,24,25). The first-order valence-electron chi connectivity index (χ1n) is 9.10. The monoisotopic (exact) mass is 382 g/mol. The number of hydrogen-bond acceptors (Lipinski definition) is 4. The summed E-state index contributed by atoms with van der Waals surface area (Å²) in [5.74, 6) is -1.16. The third-order valence-corrected chi connectivity index (χ3v) is 4.42. The van der Waals surface area contributed by atoms with E-state index in [2.05, 4.69) is 10.6 Å². The fourth-order valence-electron chi connectivity index (χ4n) is 2.81. The Balaban J connectivity index is 2.15. The maximum absolute atomic E-state index is 12.8. The second kappa shape index (κ2) is 9.17. The van der Waals surface area contributed by atoms with Gasteiger partial charge in [-0.3, -0.25) is 9.59 Å². The first-order chi connectivity index (χ1) is 13.2. The topological polar surface area (TPSA) is 84.5 Å². The molecule has 0 spiro atoms. The van der Waals surface area contributed by atoms with Crippen LogP contribution < -0.4 is 10.6 Å². The van der Waals surface area contributed by atoms with Gasteiger partial charge in [-0.05, 0) is 55.7 Å². The predicted octanol–water partition coefficient (Wildman–Crippen LogP) is 3.48. The molecule has 2 N–H and O–H groups in total. The van der Waals surface area contributed by atoms with Crippen LogP contribution in [0.4, 0.5) is 5.69 Å². The molecule has 2 rings (SSSR count). The summed E-state index contributed by atoms with van der Waals surface area (Å²) >= 11 is 0.